The Kier molecular flexibility index (Phi) is 6.92. The van der Waals surface area contributed by atoms with Crippen molar-refractivity contribution in [3.63, 3.8) is 0 Å². The molecular weight excluding hydrogens is 409 g/mol. The van der Waals surface area contributed by atoms with E-state index in [-0.39, 0.29) is 11.3 Å². The number of aromatic nitrogens is 2. The lowest BCUT2D eigenvalue weighted by molar-refractivity contribution is -0.138. The smallest absolute Gasteiger partial charge is 0.419 e. The lowest BCUT2D eigenvalue weighted by atomic mass is 10.00. The highest BCUT2D eigenvalue weighted by atomic mass is 19.4. The first-order chi connectivity index (χ1) is 14.7. The fraction of sp³-hybridized carbons (Fsp3) is 0.304. The van der Waals surface area contributed by atoms with Gasteiger partial charge < -0.3 is 14.9 Å². The molecule has 0 bridgehead atoms. The monoisotopic (exact) mass is 432 g/mol. The SMILES string of the molecule is CCCCc1cnc(-c2ccc(OC)c(C(F)(F)F)c2)c(-c2ccc(C(O)O)cc2)n1. The number of aliphatic hydroxyl groups is 2. The van der Waals surface area contributed by atoms with E-state index in [1.165, 1.54) is 31.4 Å². The first kappa shape index (κ1) is 22.7. The van der Waals surface area contributed by atoms with Crippen LogP contribution in [-0.4, -0.2) is 27.3 Å². The van der Waals surface area contributed by atoms with Gasteiger partial charge in [0.15, 0.2) is 6.29 Å². The molecule has 0 spiro atoms. The van der Waals surface area contributed by atoms with Gasteiger partial charge in [0.25, 0.3) is 0 Å². The van der Waals surface area contributed by atoms with Crippen LogP contribution in [-0.2, 0) is 12.6 Å². The summed E-state index contributed by atoms with van der Waals surface area (Å²) in [4.78, 5) is 9.11. The number of hydrogen-bond donors (Lipinski definition) is 2. The molecule has 0 amide bonds. The van der Waals surface area contributed by atoms with Gasteiger partial charge in [-0.3, -0.25) is 4.98 Å². The van der Waals surface area contributed by atoms with E-state index in [1.54, 1.807) is 18.3 Å². The first-order valence-corrected chi connectivity index (χ1v) is 9.82. The van der Waals surface area contributed by atoms with E-state index < -0.39 is 18.0 Å². The Hall–Kier alpha value is -2.97. The van der Waals surface area contributed by atoms with Crippen LogP contribution in [0.4, 0.5) is 13.2 Å². The van der Waals surface area contributed by atoms with Gasteiger partial charge in [-0.1, -0.05) is 37.6 Å². The fourth-order valence-electron chi connectivity index (χ4n) is 3.21. The highest BCUT2D eigenvalue weighted by Gasteiger charge is 2.35. The number of hydrogen-bond acceptors (Lipinski definition) is 5. The molecule has 164 valence electrons. The minimum absolute atomic E-state index is 0.254. The molecule has 3 rings (SSSR count). The maximum Gasteiger partial charge on any atom is 0.419 e. The van der Waals surface area contributed by atoms with E-state index in [9.17, 15) is 23.4 Å². The lowest BCUT2D eigenvalue weighted by Gasteiger charge is -2.15. The average molecular weight is 432 g/mol. The van der Waals surface area contributed by atoms with Crippen molar-refractivity contribution < 1.29 is 28.1 Å². The van der Waals surface area contributed by atoms with E-state index in [1.807, 2.05) is 0 Å². The second-order valence-corrected chi connectivity index (χ2v) is 7.07. The topological polar surface area (TPSA) is 75.5 Å². The van der Waals surface area contributed by atoms with E-state index in [4.69, 9.17) is 4.74 Å². The third-order valence-electron chi connectivity index (χ3n) is 4.87. The van der Waals surface area contributed by atoms with Crippen LogP contribution in [0.2, 0.25) is 0 Å². The third-order valence-corrected chi connectivity index (χ3v) is 4.87. The van der Waals surface area contributed by atoms with Crippen LogP contribution in [0, 0.1) is 0 Å². The summed E-state index contributed by atoms with van der Waals surface area (Å²) in [6.45, 7) is 2.05. The van der Waals surface area contributed by atoms with Crippen molar-refractivity contribution in [3.05, 3.63) is 65.5 Å². The Morgan fingerprint density at radius 3 is 2.26 bits per heavy atom. The van der Waals surface area contributed by atoms with Gasteiger partial charge in [-0.05, 0) is 31.0 Å². The minimum atomic E-state index is -4.59. The molecule has 3 aromatic rings. The molecule has 0 saturated heterocycles. The molecule has 5 nitrogen and oxygen atoms in total. The average Bonchev–Trinajstić information content (AvgIpc) is 2.76. The van der Waals surface area contributed by atoms with Crippen molar-refractivity contribution in [1.29, 1.82) is 0 Å². The number of methoxy groups -OCH3 is 1. The zero-order valence-corrected chi connectivity index (χ0v) is 17.1. The van der Waals surface area contributed by atoms with Gasteiger partial charge in [-0.15, -0.1) is 0 Å². The van der Waals surface area contributed by atoms with Crippen molar-refractivity contribution in [2.45, 2.75) is 38.7 Å². The second kappa shape index (κ2) is 9.45. The number of ether oxygens (including phenoxy) is 1. The van der Waals surface area contributed by atoms with Crippen LogP contribution in [0.5, 0.6) is 5.75 Å². The summed E-state index contributed by atoms with van der Waals surface area (Å²) in [7, 11) is 1.19. The maximum absolute atomic E-state index is 13.5. The number of unbranched alkanes of at least 4 members (excludes halogenated alkanes) is 1. The van der Waals surface area contributed by atoms with Crippen molar-refractivity contribution in [2.75, 3.05) is 7.11 Å². The summed E-state index contributed by atoms with van der Waals surface area (Å²) >= 11 is 0. The lowest BCUT2D eigenvalue weighted by Crippen LogP contribution is -2.08. The van der Waals surface area contributed by atoms with E-state index in [0.717, 1.165) is 24.6 Å². The van der Waals surface area contributed by atoms with Crippen molar-refractivity contribution in [2.24, 2.45) is 0 Å². The Bertz CT molecular complexity index is 1040. The summed E-state index contributed by atoms with van der Waals surface area (Å²) in [5.41, 5.74) is 1.71. The van der Waals surface area contributed by atoms with Gasteiger partial charge in [0.05, 0.1) is 29.8 Å². The number of aliphatic hydroxyl groups excluding tert-OH is 1. The molecule has 8 heteroatoms. The standard InChI is InChI=1S/C23H23F3N2O3/c1-3-4-5-17-13-27-20(16-10-11-19(31-2)18(12-16)23(24,25)26)21(28-17)14-6-8-15(9-7-14)22(29)30/h6-13,22,29-30H,3-5H2,1-2H3. The molecule has 0 aliphatic carbocycles. The highest BCUT2D eigenvalue weighted by molar-refractivity contribution is 5.78. The maximum atomic E-state index is 13.5. The number of benzene rings is 2. The van der Waals surface area contributed by atoms with Crippen LogP contribution < -0.4 is 4.74 Å². The summed E-state index contributed by atoms with van der Waals surface area (Å²) in [6, 6.07) is 10.1. The molecule has 0 fully saturated rings. The molecule has 0 radical (unpaired) electrons. The summed E-state index contributed by atoms with van der Waals surface area (Å²) in [6.07, 6.45) is -2.06. The molecule has 1 aromatic heterocycles. The Labute approximate surface area is 178 Å². The van der Waals surface area contributed by atoms with Gasteiger partial charge in [0.1, 0.15) is 5.75 Å². The number of halogens is 3. The summed E-state index contributed by atoms with van der Waals surface area (Å²) in [5.74, 6) is -0.272. The van der Waals surface area contributed by atoms with Gasteiger partial charge >= 0.3 is 6.18 Å². The Balaban J connectivity index is 2.16. The van der Waals surface area contributed by atoms with E-state index in [2.05, 4.69) is 16.9 Å². The van der Waals surface area contributed by atoms with Crippen molar-refractivity contribution in [1.82, 2.24) is 9.97 Å². The Morgan fingerprint density at radius 2 is 1.68 bits per heavy atom. The van der Waals surface area contributed by atoms with Gasteiger partial charge in [0.2, 0.25) is 0 Å². The number of alkyl halides is 3. The quantitative estimate of drug-likeness (QED) is 0.504. The molecule has 0 aliphatic heterocycles. The molecule has 2 aromatic carbocycles. The molecule has 2 N–H and O–H groups in total. The van der Waals surface area contributed by atoms with Crippen LogP contribution in [0.25, 0.3) is 22.5 Å². The zero-order chi connectivity index (χ0) is 22.6. The largest absolute Gasteiger partial charge is 0.496 e. The second-order valence-electron chi connectivity index (χ2n) is 7.07. The summed E-state index contributed by atoms with van der Waals surface area (Å²) in [5, 5.41) is 18.6. The van der Waals surface area contributed by atoms with E-state index in [0.29, 0.717) is 28.9 Å². The highest BCUT2D eigenvalue weighted by Crippen LogP contribution is 2.40. The minimum Gasteiger partial charge on any atom is -0.496 e. The number of nitrogens with zero attached hydrogens (tertiary/aromatic N) is 2. The predicted molar refractivity (Wildman–Crippen MR) is 110 cm³/mol. The molecule has 0 saturated carbocycles. The van der Waals surface area contributed by atoms with Crippen LogP contribution in [0.3, 0.4) is 0 Å². The Morgan fingerprint density at radius 1 is 1.00 bits per heavy atom. The molecule has 1 heterocycles. The van der Waals surface area contributed by atoms with Crippen LogP contribution in [0.15, 0.2) is 48.7 Å². The van der Waals surface area contributed by atoms with Crippen molar-refractivity contribution >= 4 is 0 Å². The normalized spacial score (nSPS) is 11.7. The molecule has 0 unspecified atom stereocenters. The third kappa shape index (κ3) is 5.21. The molecule has 0 atom stereocenters. The van der Waals surface area contributed by atoms with Crippen molar-refractivity contribution in [3.8, 4) is 28.3 Å². The molecule has 0 aliphatic rings. The molecule has 31 heavy (non-hydrogen) atoms. The molecular formula is C23H23F3N2O3. The number of aryl methyl sites for hydroxylation is 1. The zero-order valence-electron chi connectivity index (χ0n) is 17.1. The summed E-state index contributed by atoms with van der Waals surface area (Å²) < 4.78 is 45.4. The van der Waals surface area contributed by atoms with Crippen LogP contribution in [0.1, 0.15) is 42.9 Å². The number of rotatable bonds is 7. The van der Waals surface area contributed by atoms with Gasteiger partial charge in [-0.25, -0.2) is 4.98 Å². The van der Waals surface area contributed by atoms with Crippen LogP contribution >= 0.6 is 0 Å². The predicted octanol–water partition coefficient (Wildman–Crippen LogP) is 5.16. The fourth-order valence-corrected chi connectivity index (χ4v) is 3.21. The van der Waals surface area contributed by atoms with Gasteiger partial charge in [0, 0.05) is 22.9 Å². The van der Waals surface area contributed by atoms with Gasteiger partial charge in [-0.2, -0.15) is 13.2 Å². The first-order valence-electron chi connectivity index (χ1n) is 9.82. The van der Waals surface area contributed by atoms with E-state index >= 15 is 0 Å².